The summed E-state index contributed by atoms with van der Waals surface area (Å²) in [7, 11) is 0. The van der Waals surface area contributed by atoms with Crippen LogP contribution >= 0.6 is 34.7 Å². The molecule has 1 aliphatic heterocycles. The fraction of sp³-hybridized carbons (Fsp3) is 0.231. The molecule has 1 saturated heterocycles. The maximum absolute atomic E-state index is 13.7. The molecule has 0 spiro atoms. The first-order chi connectivity index (χ1) is 9.58. The Hall–Kier alpha value is -1.11. The van der Waals surface area contributed by atoms with Crippen molar-refractivity contribution >= 4 is 55.8 Å². The highest BCUT2D eigenvalue weighted by Crippen LogP contribution is 2.37. The van der Waals surface area contributed by atoms with Crippen LogP contribution in [0.3, 0.4) is 0 Å². The molecule has 2 heterocycles. The van der Waals surface area contributed by atoms with Crippen molar-refractivity contribution in [3.05, 3.63) is 33.9 Å². The van der Waals surface area contributed by atoms with Crippen LogP contribution in [0.5, 0.6) is 0 Å². The normalized spacial score (nSPS) is 18.7. The van der Waals surface area contributed by atoms with E-state index in [9.17, 15) is 14.0 Å². The van der Waals surface area contributed by atoms with Crippen molar-refractivity contribution < 1.29 is 14.0 Å². The summed E-state index contributed by atoms with van der Waals surface area (Å²) in [5, 5.41) is 2.99. The van der Waals surface area contributed by atoms with Gasteiger partial charge in [0.25, 0.3) is 5.91 Å². The van der Waals surface area contributed by atoms with Crippen molar-refractivity contribution in [3.8, 4) is 0 Å². The number of hydrogen-bond acceptors (Lipinski definition) is 4. The van der Waals surface area contributed by atoms with E-state index in [0.29, 0.717) is 16.9 Å². The molecular weight excluding hydrogens is 321 g/mol. The number of halogens is 2. The molecule has 1 aliphatic rings. The molecule has 0 bridgehead atoms. The number of rotatable bonds is 2. The summed E-state index contributed by atoms with van der Waals surface area (Å²) >= 11 is 8.44. The van der Waals surface area contributed by atoms with Crippen molar-refractivity contribution in [3.63, 3.8) is 0 Å². The topological polar surface area (TPSA) is 46.2 Å². The SMILES string of the molecule is O=C(N[C@@H]1CCSC1=O)c1sc2cccc(F)c2c1Cl. The Balaban J connectivity index is 1.94. The molecule has 0 unspecified atom stereocenters. The van der Waals surface area contributed by atoms with Crippen molar-refractivity contribution in [2.24, 2.45) is 0 Å². The number of carbonyl (C=O) groups is 2. The van der Waals surface area contributed by atoms with E-state index >= 15 is 0 Å². The Kier molecular flexibility index (Phi) is 3.70. The van der Waals surface area contributed by atoms with Gasteiger partial charge in [-0.2, -0.15) is 0 Å². The zero-order valence-corrected chi connectivity index (χ0v) is 12.5. The fourth-order valence-electron chi connectivity index (χ4n) is 2.07. The largest absolute Gasteiger partial charge is 0.341 e. The molecule has 1 N–H and O–H groups in total. The standard InChI is InChI=1S/C13H9ClFNO2S2/c14-10-9-6(15)2-1-3-8(9)20-11(10)12(17)16-7-4-5-19-13(7)18/h1-3,7H,4-5H2,(H,16,17)/t7-/m1/s1. The second kappa shape index (κ2) is 5.35. The summed E-state index contributed by atoms with van der Waals surface area (Å²) < 4.78 is 14.3. The van der Waals surface area contributed by atoms with Crippen LogP contribution in [0.1, 0.15) is 16.1 Å². The maximum atomic E-state index is 13.7. The third kappa shape index (κ3) is 2.32. The first-order valence-electron chi connectivity index (χ1n) is 5.92. The van der Waals surface area contributed by atoms with E-state index in [1.54, 1.807) is 12.1 Å². The Labute approximate surface area is 127 Å². The van der Waals surface area contributed by atoms with Gasteiger partial charge in [-0.25, -0.2) is 4.39 Å². The Morgan fingerprint density at radius 1 is 1.45 bits per heavy atom. The molecule has 1 aromatic heterocycles. The first kappa shape index (κ1) is 13.9. The smallest absolute Gasteiger partial charge is 0.263 e. The van der Waals surface area contributed by atoms with E-state index in [1.807, 2.05) is 0 Å². The molecule has 3 rings (SSSR count). The number of carbonyl (C=O) groups excluding carboxylic acids is 2. The van der Waals surface area contributed by atoms with Gasteiger partial charge in [0.2, 0.25) is 5.12 Å². The lowest BCUT2D eigenvalue weighted by Gasteiger charge is -2.08. The lowest BCUT2D eigenvalue weighted by molar-refractivity contribution is -0.112. The van der Waals surface area contributed by atoms with Crippen molar-refractivity contribution in [1.29, 1.82) is 0 Å². The van der Waals surface area contributed by atoms with Gasteiger partial charge in [-0.05, 0) is 18.6 Å². The van der Waals surface area contributed by atoms with Crippen LogP contribution in [0.25, 0.3) is 10.1 Å². The number of nitrogens with one attached hydrogen (secondary N) is 1. The summed E-state index contributed by atoms with van der Waals surface area (Å²) in [4.78, 5) is 23.9. The highest BCUT2D eigenvalue weighted by molar-refractivity contribution is 8.14. The minimum absolute atomic E-state index is 0.0400. The molecule has 1 amide bonds. The van der Waals surface area contributed by atoms with Crippen LogP contribution in [-0.2, 0) is 4.79 Å². The lowest BCUT2D eigenvalue weighted by Crippen LogP contribution is -2.36. The molecule has 2 aromatic rings. The van der Waals surface area contributed by atoms with Crippen LogP contribution in [0, 0.1) is 5.82 Å². The molecule has 7 heteroatoms. The third-order valence-electron chi connectivity index (χ3n) is 3.05. The summed E-state index contributed by atoms with van der Waals surface area (Å²) in [6.45, 7) is 0. The van der Waals surface area contributed by atoms with E-state index in [1.165, 1.54) is 17.8 Å². The number of amides is 1. The Morgan fingerprint density at radius 2 is 2.25 bits per heavy atom. The third-order valence-corrected chi connectivity index (χ3v) is 5.71. The summed E-state index contributed by atoms with van der Waals surface area (Å²) in [6.07, 6.45) is 0.617. The monoisotopic (exact) mass is 329 g/mol. The van der Waals surface area contributed by atoms with E-state index < -0.39 is 17.8 Å². The van der Waals surface area contributed by atoms with Gasteiger partial charge >= 0.3 is 0 Å². The molecule has 0 aliphatic carbocycles. The van der Waals surface area contributed by atoms with Gasteiger partial charge in [0, 0.05) is 15.8 Å². The average molecular weight is 330 g/mol. The lowest BCUT2D eigenvalue weighted by atomic mass is 10.2. The van der Waals surface area contributed by atoms with Crippen LogP contribution < -0.4 is 5.32 Å². The minimum Gasteiger partial charge on any atom is -0.341 e. The molecular formula is C13H9ClFNO2S2. The van der Waals surface area contributed by atoms with Crippen LogP contribution in [0.2, 0.25) is 5.02 Å². The van der Waals surface area contributed by atoms with E-state index in [4.69, 9.17) is 11.6 Å². The Bertz CT molecular complexity index is 716. The number of fused-ring (bicyclic) bond motifs is 1. The van der Waals surface area contributed by atoms with Crippen LogP contribution in [-0.4, -0.2) is 22.8 Å². The predicted molar refractivity (Wildman–Crippen MR) is 80.1 cm³/mol. The average Bonchev–Trinajstić information content (AvgIpc) is 2.95. The minimum atomic E-state index is -0.473. The van der Waals surface area contributed by atoms with Crippen molar-refractivity contribution in [2.75, 3.05) is 5.75 Å². The number of hydrogen-bond donors (Lipinski definition) is 1. The van der Waals surface area contributed by atoms with Gasteiger partial charge in [0.15, 0.2) is 0 Å². The van der Waals surface area contributed by atoms with Gasteiger partial charge in [-0.3, -0.25) is 9.59 Å². The molecule has 1 aromatic carbocycles. The second-order valence-corrected chi connectivity index (χ2v) is 6.87. The number of benzene rings is 1. The molecule has 0 radical (unpaired) electrons. The van der Waals surface area contributed by atoms with Gasteiger partial charge < -0.3 is 5.32 Å². The van der Waals surface area contributed by atoms with Gasteiger partial charge in [0.05, 0.1) is 11.1 Å². The highest BCUT2D eigenvalue weighted by Gasteiger charge is 2.29. The fourth-order valence-corrected chi connectivity index (χ4v) is 4.46. The second-order valence-electron chi connectivity index (χ2n) is 4.34. The van der Waals surface area contributed by atoms with Crippen molar-refractivity contribution in [2.45, 2.75) is 12.5 Å². The van der Waals surface area contributed by atoms with Crippen LogP contribution in [0.4, 0.5) is 4.39 Å². The van der Waals surface area contributed by atoms with E-state index in [2.05, 4.69) is 5.32 Å². The summed E-state index contributed by atoms with van der Waals surface area (Å²) in [5.74, 6) is -0.162. The molecule has 3 nitrogen and oxygen atoms in total. The molecule has 20 heavy (non-hydrogen) atoms. The number of thioether (sulfide) groups is 1. The van der Waals surface area contributed by atoms with Gasteiger partial charge in [-0.15, -0.1) is 11.3 Å². The van der Waals surface area contributed by atoms with Gasteiger partial charge in [-0.1, -0.05) is 29.4 Å². The zero-order valence-electron chi connectivity index (χ0n) is 10.1. The molecule has 1 fully saturated rings. The summed E-state index contributed by atoms with van der Waals surface area (Å²) in [5.41, 5.74) is 0. The molecule has 104 valence electrons. The van der Waals surface area contributed by atoms with Crippen molar-refractivity contribution in [1.82, 2.24) is 5.32 Å². The van der Waals surface area contributed by atoms with E-state index in [-0.39, 0.29) is 20.4 Å². The highest BCUT2D eigenvalue weighted by atomic mass is 35.5. The van der Waals surface area contributed by atoms with E-state index in [0.717, 1.165) is 11.3 Å². The number of thiophene rings is 1. The first-order valence-corrected chi connectivity index (χ1v) is 8.10. The zero-order chi connectivity index (χ0) is 14.3. The summed E-state index contributed by atoms with van der Waals surface area (Å²) in [6, 6.07) is 4.12. The van der Waals surface area contributed by atoms with Crippen LogP contribution in [0.15, 0.2) is 18.2 Å². The quantitative estimate of drug-likeness (QED) is 0.917. The molecule has 1 atom stereocenters. The predicted octanol–water partition coefficient (Wildman–Crippen LogP) is 3.46. The Morgan fingerprint density at radius 3 is 2.90 bits per heavy atom. The van der Waals surface area contributed by atoms with Gasteiger partial charge in [0.1, 0.15) is 10.7 Å². The maximum Gasteiger partial charge on any atom is 0.263 e. The molecule has 0 saturated carbocycles.